The Morgan fingerprint density at radius 3 is 2.38 bits per heavy atom. The van der Waals surface area contributed by atoms with Crippen LogP contribution in [0.25, 0.3) is 33.7 Å². The summed E-state index contributed by atoms with van der Waals surface area (Å²) in [6, 6.07) is 21.6. The van der Waals surface area contributed by atoms with E-state index in [4.69, 9.17) is 26.3 Å². The van der Waals surface area contributed by atoms with E-state index in [9.17, 15) is 9.00 Å². The summed E-state index contributed by atoms with van der Waals surface area (Å²) < 4.78 is 20.8. The van der Waals surface area contributed by atoms with Gasteiger partial charge in [-0.05, 0) is 43.3 Å². The second kappa shape index (κ2) is 10.5. The molecule has 3 aromatic heterocycles. The summed E-state index contributed by atoms with van der Waals surface area (Å²) >= 11 is 6.22. The van der Waals surface area contributed by atoms with Crippen LogP contribution in [0.1, 0.15) is 11.4 Å². The maximum absolute atomic E-state index is 13.1. The van der Waals surface area contributed by atoms with Crippen LogP contribution in [0.4, 0.5) is 5.69 Å². The minimum absolute atomic E-state index is 0.0699. The number of aryl methyl sites for hydroxylation is 1. The zero-order valence-electron chi connectivity index (χ0n) is 20.0. The highest BCUT2D eigenvalue weighted by atomic mass is 35.5. The quantitative estimate of drug-likeness (QED) is 0.276. The van der Waals surface area contributed by atoms with Crippen LogP contribution in [0.2, 0.25) is 5.15 Å². The molecule has 0 spiro atoms. The zero-order valence-corrected chi connectivity index (χ0v) is 21.6. The normalized spacial score (nSPS) is 11.9. The van der Waals surface area contributed by atoms with Crippen molar-refractivity contribution < 1.29 is 8.95 Å². The molecule has 0 saturated carbocycles. The molecule has 0 aliphatic carbocycles. The molecule has 2 aromatic carbocycles. The smallest absolute Gasteiger partial charge is 0.209 e. The van der Waals surface area contributed by atoms with Crippen molar-refractivity contribution in [1.29, 1.82) is 0 Å². The molecule has 2 N–H and O–H groups in total. The Hall–Kier alpha value is -4.08. The highest BCUT2D eigenvalue weighted by Gasteiger charge is 2.17. The van der Waals surface area contributed by atoms with Crippen LogP contribution < -0.4 is 14.9 Å². The van der Waals surface area contributed by atoms with Gasteiger partial charge in [-0.3, -0.25) is 4.79 Å². The number of H-pyrrole nitrogens is 1. The summed E-state index contributed by atoms with van der Waals surface area (Å²) in [5.41, 5.74) is 4.67. The number of hydrogen-bond acceptors (Lipinski definition) is 6. The van der Waals surface area contributed by atoms with Gasteiger partial charge < -0.3 is 14.4 Å². The number of aromatic nitrogens is 4. The van der Waals surface area contributed by atoms with Crippen molar-refractivity contribution >= 4 is 39.4 Å². The van der Waals surface area contributed by atoms with Crippen LogP contribution in [-0.4, -0.2) is 31.3 Å². The topological polar surface area (TPSA) is 110 Å². The van der Waals surface area contributed by atoms with Gasteiger partial charge in [-0.1, -0.05) is 41.9 Å². The van der Waals surface area contributed by atoms with Crippen molar-refractivity contribution in [2.24, 2.45) is 0 Å². The van der Waals surface area contributed by atoms with Gasteiger partial charge in [0.2, 0.25) is 5.43 Å². The van der Waals surface area contributed by atoms with E-state index in [1.807, 2.05) is 43.3 Å². The molecule has 0 amide bonds. The van der Waals surface area contributed by atoms with Gasteiger partial charge in [0.1, 0.15) is 21.9 Å². The number of benzene rings is 2. The molecule has 1 atom stereocenters. The molecule has 10 heteroatoms. The number of methoxy groups -OCH3 is 1. The van der Waals surface area contributed by atoms with E-state index in [0.717, 1.165) is 11.3 Å². The van der Waals surface area contributed by atoms with Crippen molar-refractivity contribution in [2.45, 2.75) is 12.7 Å². The predicted molar refractivity (Wildman–Crippen MR) is 147 cm³/mol. The maximum atomic E-state index is 13.1. The lowest BCUT2D eigenvalue weighted by atomic mass is 10.0. The van der Waals surface area contributed by atoms with E-state index < -0.39 is 11.0 Å². The monoisotopic (exact) mass is 531 g/mol. The van der Waals surface area contributed by atoms with Crippen molar-refractivity contribution in [3.63, 3.8) is 0 Å². The number of ether oxygens (including phenoxy) is 1. The van der Waals surface area contributed by atoms with E-state index in [2.05, 4.69) is 14.7 Å². The first-order chi connectivity index (χ1) is 17.9. The van der Waals surface area contributed by atoms with E-state index in [1.54, 1.807) is 37.4 Å². The second-order valence-corrected chi connectivity index (χ2v) is 9.85. The highest BCUT2D eigenvalue weighted by Crippen LogP contribution is 2.31. The van der Waals surface area contributed by atoms with Gasteiger partial charge in [0.25, 0.3) is 0 Å². The second-order valence-electron chi connectivity index (χ2n) is 8.28. The molecular formula is C27H22ClN5O3S. The fraction of sp³-hybridized carbons (Fsp3) is 0.111. The highest BCUT2D eigenvalue weighted by molar-refractivity contribution is 7.85. The van der Waals surface area contributed by atoms with E-state index in [0.29, 0.717) is 44.9 Å². The average Bonchev–Trinajstić information content (AvgIpc) is 2.88. The maximum Gasteiger partial charge on any atom is 0.209 e. The lowest BCUT2D eigenvalue weighted by Crippen LogP contribution is -2.13. The largest absolute Gasteiger partial charge is 0.497 e. The van der Waals surface area contributed by atoms with Gasteiger partial charge in [-0.2, -0.15) is 0 Å². The summed E-state index contributed by atoms with van der Waals surface area (Å²) in [6.45, 7) is 1.84. The van der Waals surface area contributed by atoms with Gasteiger partial charge in [0.05, 0.1) is 24.3 Å². The molecule has 0 bridgehead atoms. The van der Waals surface area contributed by atoms with Crippen LogP contribution in [0, 0.1) is 6.92 Å². The number of nitrogens with one attached hydrogen (secondary N) is 2. The molecule has 0 aliphatic rings. The molecule has 3 heterocycles. The number of rotatable bonds is 7. The summed E-state index contributed by atoms with van der Waals surface area (Å²) in [4.78, 5) is 30.0. The lowest BCUT2D eigenvalue weighted by Gasteiger charge is -2.12. The minimum Gasteiger partial charge on any atom is -0.497 e. The molecule has 8 nitrogen and oxygen atoms in total. The molecule has 0 radical (unpaired) electrons. The molecule has 37 heavy (non-hydrogen) atoms. The first-order valence-electron chi connectivity index (χ1n) is 11.3. The third-order valence-electron chi connectivity index (χ3n) is 5.56. The third kappa shape index (κ3) is 5.52. The Morgan fingerprint density at radius 2 is 1.68 bits per heavy atom. The molecule has 5 rings (SSSR count). The van der Waals surface area contributed by atoms with Crippen molar-refractivity contribution in [1.82, 2.24) is 19.9 Å². The molecule has 0 saturated heterocycles. The summed E-state index contributed by atoms with van der Waals surface area (Å²) in [5, 5.41) is 0.326. The number of fused-ring (bicyclic) bond motifs is 1. The van der Waals surface area contributed by atoms with Gasteiger partial charge >= 0.3 is 0 Å². The van der Waals surface area contributed by atoms with E-state index in [1.165, 1.54) is 6.07 Å². The van der Waals surface area contributed by atoms with Crippen LogP contribution in [-0.2, 0) is 16.7 Å². The van der Waals surface area contributed by atoms with Crippen molar-refractivity contribution in [3.8, 4) is 28.3 Å². The molecule has 5 aromatic rings. The van der Waals surface area contributed by atoms with Gasteiger partial charge in [0, 0.05) is 34.3 Å². The number of pyridine rings is 2. The SMILES string of the molecule is COc1ccc(NS(=O)Cc2cc(=O)c3nc(-c4cc(C)nc(Cl)c4)c(-c4ccccc4)nc3[nH]2)cc1. The Bertz CT molecular complexity index is 1650. The molecular weight excluding hydrogens is 510 g/mol. The number of nitrogens with zero attached hydrogens (tertiary/aromatic N) is 3. The summed E-state index contributed by atoms with van der Waals surface area (Å²) in [7, 11) is 0.0891. The van der Waals surface area contributed by atoms with E-state index >= 15 is 0 Å². The molecule has 1 unspecified atom stereocenters. The molecule has 186 valence electrons. The fourth-order valence-corrected chi connectivity index (χ4v) is 5.08. The van der Waals surface area contributed by atoms with Crippen LogP contribution in [0.15, 0.2) is 77.6 Å². The minimum atomic E-state index is -1.49. The first kappa shape index (κ1) is 24.6. The van der Waals surface area contributed by atoms with Crippen LogP contribution in [0.5, 0.6) is 5.75 Å². The fourth-order valence-electron chi connectivity index (χ4n) is 3.92. The van der Waals surface area contributed by atoms with Gasteiger partial charge in [-0.25, -0.2) is 19.2 Å². The summed E-state index contributed by atoms with van der Waals surface area (Å²) in [5.74, 6) is 0.770. The Balaban J connectivity index is 1.55. The first-order valence-corrected chi connectivity index (χ1v) is 13.0. The van der Waals surface area contributed by atoms with Crippen LogP contribution >= 0.6 is 11.6 Å². The number of halogens is 1. The zero-order chi connectivity index (χ0) is 25.9. The van der Waals surface area contributed by atoms with Gasteiger partial charge in [0.15, 0.2) is 11.2 Å². The third-order valence-corrected chi connectivity index (χ3v) is 6.79. The Morgan fingerprint density at radius 1 is 0.946 bits per heavy atom. The summed E-state index contributed by atoms with van der Waals surface area (Å²) in [6.07, 6.45) is 0. The standard InChI is InChI=1S/C27H22ClN5O3S/c1-16-12-18(13-23(28)29-16)25-24(17-6-4-3-5-7-17)32-27-26(31-25)22(34)14-20(30-27)15-37(35)33-19-8-10-21(36-2)11-9-19/h3-14,33H,15H2,1-2H3,(H,30,32,34). The van der Waals surface area contributed by atoms with Crippen molar-refractivity contribution in [2.75, 3.05) is 11.8 Å². The van der Waals surface area contributed by atoms with Crippen LogP contribution in [0.3, 0.4) is 0 Å². The number of hydrogen-bond donors (Lipinski definition) is 2. The number of anilines is 1. The lowest BCUT2D eigenvalue weighted by molar-refractivity contribution is 0.415. The Kier molecular flexibility index (Phi) is 6.98. The van der Waals surface area contributed by atoms with Gasteiger partial charge in [-0.15, -0.1) is 0 Å². The molecule has 0 fully saturated rings. The number of aromatic amines is 1. The predicted octanol–water partition coefficient (Wildman–Crippen LogP) is 5.29. The Labute approximate surface area is 220 Å². The average molecular weight is 532 g/mol. The molecule has 0 aliphatic heterocycles. The van der Waals surface area contributed by atoms with Crippen molar-refractivity contribution in [3.05, 3.63) is 99.6 Å². The van der Waals surface area contributed by atoms with E-state index in [-0.39, 0.29) is 16.7 Å².